The fourth-order valence-electron chi connectivity index (χ4n) is 2.31. The second kappa shape index (κ2) is 9.57. The molecule has 1 amide bonds. The Hall–Kier alpha value is -3.15. The van der Waals surface area contributed by atoms with Crippen molar-refractivity contribution in [3.63, 3.8) is 0 Å². The minimum Gasteiger partial charge on any atom is -0.449 e. The predicted molar refractivity (Wildman–Crippen MR) is 110 cm³/mol. The maximum atomic E-state index is 12.5. The van der Waals surface area contributed by atoms with Crippen LogP contribution in [0.5, 0.6) is 0 Å². The summed E-state index contributed by atoms with van der Waals surface area (Å²) in [7, 11) is -3.82. The molecule has 0 bridgehead atoms. The van der Waals surface area contributed by atoms with Crippen molar-refractivity contribution < 1.29 is 22.7 Å². The van der Waals surface area contributed by atoms with Crippen LogP contribution < -0.4 is 10.0 Å². The third kappa shape index (κ3) is 5.69. The molecule has 0 radical (unpaired) electrons. The second-order valence-electron chi connectivity index (χ2n) is 6.04. The summed E-state index contributed by atoms with van der Waals surface area (Å²) in [5, 5.41) is 4.27. The SMILES string of the molecule is CC(OC(=O)c1cccc(S(=O)(=O)NCc2cccs2)c1)C(=O)Nc1ncccn1. The molecule has 0 fully saturated rings. The van der Waals surface area contributed by atoms with Gasteiger partial charge in [0.05, 0.1) is 10.5 Å². The van der Waals surface area contributed by atoms with E-state index < -0.39 is 28.0 Å². The molecule has 156 valence electrons. The number of anilines is 1. The topological polar surface area (TPSA) is 127 Å². The largest absolute Gasteiger partial charge is 0.449 e. The van der Waals surface area contributed by atoms with Crippen molar-refractivity contribution >= 4 is 39.2 Å². The number of ether oxygens (including phenoxy) is 1. The summed E-state index contributed by atoms with van der Waals surface area (Å²) >= 11 is 1.43. The fraction of sp³-hybridized carbons (Fsp3) is 0.158. The summed E-state index contributed by atoms with van der Waals surface area (Å²) in [6, 6.07) is 10.6. The highest BCUT2D eigenvalue weighted by Crippen LogP contribution is 2.15. The molecule has 0 saturated carbocycles. The monoisotopic (exact) mass is 446 g/mol. The van der Waals surface area contributed by atoms with Gasteiger partial charge in [-0.2, -0.15) is 0 Å². The Balaban J connectivity index is 1.64. The van der Waals surface area contributed by atoms with Crippen molar-refractivity contribution in [1.82, 2.24) is 14.7 Å². The average molecular weight is 447 g/mol. The summed E-state index contributed by atoms with van der Waals surface area (Å²) in [5.74, 6) is -1.37. The summed E-state index contributed by atoms with van der Waals surface area (Å²) in [6.45, 7) is 1.53. The maximum Gasteiger partial charge on any atom is 0.338 e. The van der Waals surface area contributed by atoms with Gasteiger partial charge < -0.3 is 4.74 Å². The number of carbonyl (C=O) groups is 2. The number of esters is 1. The van der Waals surface area contributed by atoms with E-state index >= 15 is 0 Å². The molecule has 0 saturated heterocycles. The van der Waals surface area contributed by atoms with Crippen molar-refractivity contribution in [2.24, 2.45) is 0 Å². The zero-order chi connectivity index (χ0) is 21.6. The second-order valence-corrected chi connectivity index (χ2v) is 8.84. The molecule has 30 heavy (non-hydrogen) atoms. The number of hydrogen-bond donors (Lipinski definition) is 2. The van der Waals surface area contributed by atoms with Crippen LogP contribution in [0.15, 0.2) is 65.1 Å². The normalized spacial score (nSPS) is 12.2. The standard InChI is InChI=1S/C19H18N4O5S2/c1-13(17(24)23-19-20-8-4-9-21-19)28-18(25)14-5-2-7-16(11-14)30(26,27)22-12-15-6-3-10-29-15/h2-11,13,22H,12H2,1H3,(H,20,21,23,24). The van der Waals surface area contributed by atoms with Gasteiger partial charge in [-0.15, -0.1) is 11.3 Å². The number of thiophene rings is 1. The number of benzene rings is 1. The first-order valence-corrected chi connectivity index (χ1v) is 11.1. The third-order valence-electron chi connectivity index (χ3n) is 3.85. The zero-order valence-corrected chi connectivity index (χ0v) is 17.4. The molecule has 9 nitrogen and oxygen atoms in total. The molecule has 3 rings (SSSR count). The molecule has 0 aliphatic carbocycles. The molecule has 2 aromatic heterocycles. The van der Waals surface area contributed by atoms with Crippen molar-refractivity contribution in [2.45, 2.75) is 24.5 Å². The molecule has 2 N–H and O–H groups in total. The lowest BCUT2D eigenvalue weighted by atomic mass is 10.2. The van der Waals surface area contributed by atoms with Gasteiger partial charge in [0.1, 0.15) is 0 Å². The minimum atomic E-state index is -3.82. The van der Waals surface area contributed by atoms with Gasteiger partial charge in [0, 0.05) is 23.8 Å². The van der Waals surface area contributed by atoms with Gasteiger partial charge >= 0.3 is 5.97 Å². The lowest BCUT2D eigenvalue weighted by molar-refractivity contribution is -0.123. The van der Waals surface area contributed by atoms with Crippen LogP contribution in [0, 0.1) is 0 Å². The molecule has 1 atom stereocenters. The number of rotatable bonds is 8. The molecule has 0 aliphatic heterocycles. The minimum absolute atomic E-state index is 0.00427. The van der Waals surface area contributed by atoms with Crippen LogP contribution in [0.3, 0.4) is 0 Å². The van der Waals surface area contributed by atoms with E-state index in [1.54, 1.807) is 6.07 Å². The van der Waals surface area contributed by atoms with Gasteiger partial charge in [0.15, 0.2) is 6.10 Å². The van der Waals surface area contributed by atoms with Gasteiger partial charge in [0.2, 0.25) is 16.0 Å². The Labute approximate surface area is 177 Å². The van der Waals surface area contributed by atoms with Gasteiger partial charge in [-0.05, 0) is 42.6 Å². The zero-order valence-electron chi connectivity index (χ0n) is 15.8. The highest BCUT2D eigenvalue weighted by molar-refractivity contribution is 7.89. The number of nitrogens with zero attached hydrogens (tertiary/aromatic N) is 2. The van der Waals surface area contributed by atoms with E-state index in [2.05, 4.69) is 20.0 Å². The van der Waals surface area contributed by atoms with E-state index in [4.69, 9.17) is 4.74 Å². The molecule has 0 spiro atoms. The van der Waals surface area contributed by atoms with Gasteiger partial charge in [-0.3, -0.25) is 10.1 Å². The number of amides is 1. The average Bonchev–Trinajstić information content (AvgIpc) is 3.27. The molecule has 1 unspecified atom stereocenters. The van der Waals surface area contributed by atoms with Gasteiger partial charge in [0.25, 0.3) is 5.91 Å². The van der Waals surface area contributed by atoms with Crippen LogP contribution in [0.4, 0.5) is 5.95 Å². The van der Waals surface area contributed by atoms with Crippen molar-refractivity contribution in [3.05, 3.63) is 70.7 Å². The first-order chi connectivity index (χ1) is 14.3. The molecular weight excluding hydrogens is 428 g/mol. The molecule has 1 aromatic carbocycles. The molecule has 0 aliphatic rings. The van der Waals surface area contributed by atoms with Gasteiger partial charge in [-0.1, -0.05) is 12.1 Å². The van der Waals surface area contributed by atoms with Crippen LogP contribution in [-0.4, -0.2) is 36.4 Å². The molecule has 3 aromatic rings. The van der Waals surface area contributed by atoms with Crippen LogP contribution in [0.1, 0.15) is 22.2 Å². The van der Waals surface area contributed by atoms with Crippen molar-refractivity contribution in [3.8, 4) is 0 Å². The summed E-state index contributed by atoms with van der Waals surface area (Å²) in [5.41, 5.74) is 0.00427. The summed E-state index contributed by atoms with van der Waals surface area (Å²) in [4.78, 5) is 33.0. The highest BCUT2D eigenvalue weighted by Gasteiger charge is 2.21. The number of hydrogen-bond acceptors (Lipinski definition) is 8. The van der Waals surface area contributed by atoms with Crippen LogP contribution >= 0.6 is 11.3 Å². The Morgan fingerprint density at radius 3 is 2.60 bits per heavy atom. The lowest BCUT2D eigenvalue weighted by Gasteiger charge is -2.13. The Kier molecular flexibility index (Phi) is 6.87. The number of carbonyl (C=O) groups excluding carboxylic acids is 2. The van der Waals surface area contributed by atoms with E-state index in [-0.39, 0.29) is 23.0 Å². The molecular formula is C19H18N4O5S2. The predicted octanol–water partition coefficient (Wildman–Crippen LogP) is 2.20. The Morgan fingerprint density at radius 1 is 1.13 bits per heavy atom. The maximum absolute atomic E-state index is 12.5. The van der Waals surface area contributed by atoms with E-state index in [9.17, 15) is 18.0 Å². The lowest BCUT2D eigenvalue weighted by Crippen LogP contribution is -2.30. The van der Waals surface area contributed by atoms with Crippen molar-refractivity contribution in [2.75, 3.05) is 5.32 Å². The van der Waals surface area contributed by atoms with Crippen LogP contribution in [-0.2, 0) is 26.1 Å². The third-order valence-corrected chi connectivity index (χ3v) is 6.13. The quantitative estimate of drug-likeness (QED) is 0.508. The smallest absolute Gasteiger partial charge is 0.338 e. The Bertz CT molecular complexity index is 1120. The van der Waals surface area contributed by atoms with E-state index in [1.807, 2.05) is 17.5 Å². The first kappa shape index (κ1) is 21.6. The number of sulfonamides is 1. The molecule has 11 heteroatoms. The van der Waals surface area contributed by atoms with E-state index in [0.29, 0.717) is 0 Å². The summed E-state index contributed by atoms with van der Waals surface area (Å²) in [6.07, 6.45) is 1.77. The van der Waals surface area contributed by atoms with E-state index in [1.165, 1.54) is 54.9 Å². The van der Waals surface area contributed by atoms with Crippen LogP contribution in [0.2, 0.25) is 0 Å². The van der Waals surface area contributed by atoms with Gasteiger partial charge in [-0.25, -0.2) is 27.9 Å². The number of nitrogens with one attached hydrogen (secondary N) is 2. The summed E-state index contributed by atoms with van der Waals surface area (Å²) < 4.78 is 32.6. The Morgan fingerprint density at radius 2 is 1.90 bits per heavy atom. The number of aromatic nitrogens is 2. The van der Waals surface area contributed by atoms with E-state index in [0.717, 1.165) is 4.88 Å². The van der Waals surface area contributed by atoms with Crippen molar-refractivity contribution in [1.29, 1.82) is 0 Å². The molecule has 2 heterocycles. The first-order valence-electron chi connectivity index (χ1n) is 8.76. The fourth-order valence-corrected chi connectivity index (χ4v) is 4.10. The van der Waals surface area contributed by atoms with Crippen LogP contribution in [0.25, 0.3) is 0 Å². The highest BCUT2D eigenvalue weighted by atomic mass is 32.2.